The highest BCUT2D eigenvalue weighted by Crippen LogP contribution is 2.25. The van der Waals surface area contributed by atoms with Crippen molar-refractivity contribution in [2.45, 2.75) is 37.6 Å². The quantitative estimate of drug-likeness (QED) is 0.835. The first-order chi connectivity index (χ1) is 9.64. The molecule has 0 saturated carbocycles. The number of hydrogen-bond acceptors (Lipinski definition) is 2. The van der Waals surface area contributed by atoms with Crippen LogP contribution in [0.2, 0.25) is 0 Å². The molecule has 0 spiro atoms. The Hall–Kier alpha value is -1.19. The van der Waals surface area contributed by atoms with E-state index in [-0.39, 0.29) is 5.82 Å². The summed E-state index contributed by atoms with van der Waals surface area (Å²) in [6, 6.07) is 6.58. The van der Waals surface area contributed by atoms with Gasteiger partial charge in [-0.05, 0) is 50.0 Å². The van der Waals surface area contributed by atoms with Crippen molar-refractivity contribution in [1.82, 2.24) is 4.90 Å². The van der Waals surface area contributed by atoms with E-state index in [1.807, 2.05) is 6.08 Å². The average molecular weight is 276 g/mol. The molecule has 1 aromatic rings. The lowest BCUT2D eigenvalue weighted by Crippen LogP contribution is -2.47. The molecule has 2 N–H and O–H groups in total. The molecule has 1 unspecified atom stereocenters. The van der Waals surface area contributed by atoms with Crippen molar-refractivity contribution < 1.29 is 4.39 Å². The van der Waals surface area contributed by atoms with Crippen LogP contribution in [0.4, 0.5) is 4.39 Å². The highest BCUT2D eigenvalue weighted by atomic mass is 19.1. The lowest BCUT2D eigenvalue weighted by Gasteiger charge is -2.35. The maximum absolute atomic E-state index is 13.1. The molecule has 20 heavy (non-hydrogen) atoms. The third-order valence-corrected chi connectivity index (χ3v) is 4.13. The van der Waals surface area contributed by atoms with Gasteiger partial charge in [-0.15, -0.1) is 6.58 Å². The summed E-state index contributed by atoms with van der Waals surface area (Å²) >= 11 is 0. The summed E-state index contributed by atoms with van der Waals surface area (Å²) in [5, 5.41) is 0. The Morgan fingerprint density at radius 3 is 2.30 bits per heavy atom. The summed E-state index contributed by atoms with van der Waals surface area (Å²) in [5.74, 6) is -0.218. The number of rotatable bonds is 5. The van der Waals surface area contributed by atoms with Crippen molar-refractivity contribution >= 4 is 0 Å². The minimum atomic E-state index is -0.472. The lowest BCUT2D eigenvalue weighted by atomic mass is 9.87. The highest BCUT2D eigenvalue weighted by molar-refractivity contribution is 5.26. The van der Waals surface area contributed by atoms with Gasteiger partial charge < -0.3 is 10.6 Å². The summed E-state index contributed by atoms with van der Waals surface area (Å²) in [6.45, 7) is 6.85. The number of halogens is 1. The van der Waals surface area contributed by atoms with Crippen LogP contribution in [0.15, 0.2) is 36.9 Å². The fourth-order valence-corrected chi connectivity index (χ4v) is 3.01. The fourth-order valence-electron chi connectivity index (χ4n) is 3.01. The molecule has 3 heteroatoms. The van der Waals surface area contributed by atoms with Gasteiger partial charge in [0.15, 0.2) is 0 Å². The molecule has 0 bridgehead atoms. The van der Waals surface area contributed by atoms with Gasteiger partial charge in [-0.25, -0.2) is 4.39 Å². The van der Waals surface area contributed by atoms with E-state index in [9.17, 15) is 4.39 Å². The fraction of sp³-hybridized carbons (Fsp3) is 0.529. The molecule has 0 radical (unpaired) electrons. The largest absolute Gasteiger partial charge is 0.320 e. The van der Waals surface area contributed by atoms with E-state index in [4.69, 9.17) is 5.73 Å². The maximum atomic E-state index is 13.1. The van der Waals surface area contributed by atoms with Crippen LogP contribution in [0.3, 0.4) is 0 Å². The molecular weight excluding hydrogens is 251 g/mol. The second-order valence-corrected chi connectivity index (χ2v) is 5.85. The second kappa shape index (κ2) is 7.00. The Morgan fingerprint density at radius 1 is 1.15 bits per heavy atom. The zero-order valence-electron chi connectivity index (χ0n) is 12.2. The van der Waals surface area contributed by atoms with Crippen LogP contribution >= 0.6 is 0 Å². The van der Waals surface area contributed by atoms with Crippen molar-refractivity contribution in [1.29, 1.82) is 0 Å². The molecule has 0 amide bonds. The van der Waals surface area contributed by atoms with Gasteiger partial charge in [0, 0.05) is 6.54 Å². The van der Waals surface area contributed by atoms with E-state index < -0.39 is 5.54 Å². The van der Waals surface area contributed by atoms with Crippen molar-refractivity contribution in [3.8, 4) is 0 Å². The molecular formula is C17H25FN2. The minimum Gasteiger partial charge on any atom is -0.320 e. The van der Waals surface area contributed by atoms with Crippen LogP contribution in [0.25, 0.3) is 0 Å². The van der Waals surface area contributed by atoms with Crippen LogP contribution < -0.4 is 5.73 Å². The van der Waals surface area contributed by atoms with Crippen molar-refractivity contribution in [3.05, 3.63) is 48.3 Å². The lowest BCUT2D eigenvalue weighted by molar-refractivity contribution is 0.214. The predicted molar refractivity (Wildman–Crippen MR) is 82.0 cm³/mol. The first-order valence-electron chi connectivity index (χ1n) is 7.52. The summed E-state index contributed by atoms with van der Waals surface area (Å²) in [5.41, 5.74) is 7.14. The van der Waals surface area contributed by atoms with Gasteiger partial charge in [-0.1, -0.05) is 31.1 Å². The molecule has 1 fully saturated rings. The van der Waals surface area contributed by atoms with Gasteiger partial charge in [-0.2, -0.15) is 0 Å². The van der Waals surface area contributed by atoms with E-state index >= 15 is 0 Å². The third kappa shape index (κ3) is 3.90. The topological polar surface area (TPSA) is 29.3 Å². The van der Waals surface area contributed by atoms with Gasteiger partial charge in [-0.3, -0.25) is 0 Å². The Morgan fingerprint density at radius 2 is 1.75 bits per heavy atom. The molecule has 1 atom stereocenters. The third-order valence-electron chi connectivity index (χ3n) is 4.13. The van der Waals surface area contributed by atoms with Gasteiger partial charge in [0.2, 0.25) is 0 Å². The van der Waals surface area contributed by atoms with Gasteiger partial charge in [0.25, 0.3) is 0 Å². The smallest absolute Gasteiger partial charge is 0.123 e. The number of nitrogens with zero attached hydrogens (tertiary/aromatic N) is 1. The predicted octanol–water partition coefficient (Wildman–Crippen LogP) is 3.43. The van der Waals surface area contributed by atoms with Gasteiger partial charge in [0.05, 0.1) is 5.54 Å². The van der Waals surface area contributed by atoms with Crippen LogP contribution in [-0.2, 0) is 5.54 Å². The highest BCUT2D eigenvalue weighted by Gasteiger charge is 2.29. The zero-order valence-corrected chi connectivity index (χ0v) is 12.2. The van der Waals surface area contributed by atoms with Crippen LogP contribution in [0.5, 0.6) is 0 Å². The molecule has 110 valence electrons. The zero-order chi connectivity index (χ0) is 14.4. The second-order valence-electron chi connectivity index (χ2n) is 5.85. The SMILES string of the molecule is C=CCC(N)(CN1CCCCCC1)c1ccc(F)cc1. The van der Waals surface area contributed by atoms with Gasteiger partial charge in [0.1, 0.15) is 5.82 Å². The van der Waals surface area contributed by atoms with Crippen molar-refractivity contribution in [2.24, 2.45) is 5.73 Å². The summed E-state index contributed by atoms with van der Waals surface area (Å²) < 4.78 is 13.1. The van der Waals surface area contributed by atoms with E-state index in [1.165, 1.54) is 37.8 Å². The van der Waals surface area contributed by atoms with Crippen LogP contribution in [-0.4, -0.2) is 24.5 Å². The van der Waals surface area contributed by atoms with E-state index in [2.05, 4.69) is 11.5 Å². The molecule has 1 aliphatic rings. The molecule has 0 aliphatic carbocycles. The van der Waals surface area contributed by atoms with Crippen molar-refractivity contribution in [2.75, 3.05) is 19.6 Å². The number of likely N-dealkylation sites (tertiary alicyclic amines) is 1. The Kier molecular flexibility index (Phi) is 5.32. The standard InChI is InChI=1S/C17H25FN2/c1-2-11-17(19,15-7-9-16(18)10-8-15)14-20-12-5-3-4-6-13-20/h2,7-10H,1,3-6,11-14,19H2. The summed E-state index contributed by atoms with van der Waals surface area (Å²) in [6.07, 6.45) is 7.68. The van der Waals surface area contributed by atoms with Crippen molar-refractivity contribution in [3.63, 3.8) is 0 Å². The molecule has 2 rings (SSSR count). The molecule has 1 aromatic carbocycles. The van der Waals surface area contributed by atoms with E-state index in [0.717, 1.165) is 25.2 Å². The Labute approximate surface area is 121 Å². The molecule has 2 nitrogen and oxygen atoms in total. The van der Waals surface area contributed by atoms with E-state index in [0.29, 0.717) is 6.42 Å². The Bertz CT molecular complexity index is 421. The summed E-state index contributed by atoms with van der Waals surface area (Å²) in [4.78, 5) is 2.44. The van der Waals surface area contributed by atoms with Crippen LogP contribution in [0.1, 0.15) is 37.7 Å². The molecule has 0 aromatic heterocycles. The maximum Gasteiger partial charge on any atom is 0.123 e. The monoisotopic (exact) mass is 276 g/mol. The molecule has 1 heterocycles. The molecule has 1 saturated heterocycles. The number of nitrogens with two attached hydrogens (primary N) is 1. The normalized spacial score (nSPS) is 20.1. The number of benzene rings is 1. The Balaban J connectivity index is 2.14. The molecule has 1 aliphatic heterocycles. The van der Waals surface area contributed by atoms with E-state index in [1.54, 1.807) is 12.1 Å². The number of hydrogen-bond donors (Lipinski definition) is 1. The minimum absolute atomic E-state index is 0.218. The van der Waals surface area contributed by atoms with Crippen LogP contribution in [0, 0.1) is 5.82 Å². The van der Waals surface area contributed by atoms with Gasteiger partial charge >= 0.3 is 0 Å². The first-order valence-corrected chi connectivity index (χ1v) is 7.52. The average Bonchev–Trinajstić information content (AvgIpc) is 2.68. The summed E-state index contributed by atoms with van der Waals surface area (Å²) in [7, 11) is 0. The first kappa shape index (κ1) is 15.2.